The molecule has 2 aromatic carbocycles. The SMILES string of the molecule is O=C(O)c1ccc(OCc2c(-c3cccc(-c4ccccc4)c3)[nH]oc2=S)nc1. The monoisotopic (exact) mass is 404 g/mol. The van der Waals surface area contributed by atoms with Gasteiger partial charge in [-0.05, 0) is 35.5 Å². The Morgan fingerprint density at radius 1 is 1.03 bits per heavy atom. The highest BCUT2D eigenvalue weighted by atomic mass is 32.1. The molecule has 0 saturated carbocycles. The Bertz CT molecular complexity index is 1200. The average Bonchev–Trinajstić information content (AvgIpc) is 3.13. The first kappa shape index (κ1) is 18.6. The van der Waals surface area contributed by atoms with Gasteiger partial charge in [-0.1, -0.05) is 48.5 Å². The van der Waals surface area contributed by atoms with Crippen molar-refractivity contribution < 1.29 is 19.2 Å². The number of benzene rings is 2. The summed E-state index contributed by atoms with van der Waals surface area (Å²) in [5, 5.41) is 11.8. The Morgan fingerprint density at radius 3 is 2.52 bits per heavy atom. The van der Waals surface area contributed by atoms with Gasteiger partial charge in [-0.2, -0.15) is 0 Å². The highest BCUT2D eigenvalue weighted by Gasteiger charge is 2.14. The average molecular weight is 404 g/mol. The van der Waals surface area contributed by atoms with Crippen LogP contribution in [0.5, 0.6) is 5.88 Å². The van der Waals surface area contributed by atoms with Crippen molar-refractivity contribution in [3.8, 4) is 28.3 Å². The van der Waals surface area contributed by atoms with Gasteiger partial charge in [0.2, 0.25) is 10.6 Å². The lowest BCUT2D eigenvalue weighted by molar-refractivity contribution is 0.0696. The predicted molar refractivity (Wildman–Crippen MR) is 110 cm³/mol. The highest BCUT2D eigenvalue weighted by molar-refractivity contribution is 7.71. The molecule has 0 radical (unpaired) electrons. The van der Waals surface area contributed by atoms with Gasteiger partial charge in [0.05, 0.1) is 16.8 Å². The normalized spacial score (nSPS) is 10.6. The fourth-order valence-corrected chi connectivity index (χ4v) is 3.11. The van der Waals surface area contributed by atoms with Crippen molar-refractivity contribution in [2.45, 2.75) is 6.61 Å². The van der Waals surface area contributed by atoms with Gasteiger partial charge in [-0.15, -0.1) is 0 Å². The maximum Gasteiger partial charge on any atom is 0.337 e. The smallest absolute Gasteiger partial charge is 0.337 e. The van der Waals surface area contributed by atoms with Crippen molar-refractivity contribution in [1.82, 2.24) is 10.1 Å². The summed E-state index contributed by atoms with van der Waals surface area (Å²) in [5.74, 6) is -0.739. The molecule has 0 aliphatic heterocycles. The van der Waals surface area contributed by atoms with Crippen molar-refractivity contribution in [2.24, 2.45) is 0 Å². The lowest BCUT2D eigenvalue weighted by Gasteiger charge is -2.07. The molecule has 4 rings (SSSR count). The number of carbonyl (C=O) groups is 1. The first-order valence-electron chi connectivity index (χ1n) is 8.80. The largest absolute Gasteiger partial charge is 0.478 e. The minimum atomic E-state index is -1.04. The zero-order valence-electron chi connectivity index (χ0n) is 15.2. The minimum Gasteiger partial charge on any atom is -0.478 e. The lowest BCUT2D eigenvalue weighted by atomic mass is 10.0. The number of hydrogen-bond acceptors (Lipinski definition) is 5. The van der Waals surface area contributed by atoms with E-state index < -0.39 is 5.97 Å². The molecule has 7 heteroatoms. The molecule has 0 aliphatic rings. The van der Waals surface area contributed by atoms with Crippen molar-refractivity contribution in [2.75, 3.05) is 0 Å². The molecule has 2 N–H and O–H groups in total. The number of pyridine rings is 1. The highest BCUT2D eigenvalue weighted by Crippen LogP contribution is 2.29. The lowest BCUT2D eigenvalue weighted by Crippen LogP contribution is -2.01. The van der Waals surface area contributed by atoms with Crippen LogP contribution in [0.4, 0.5) is 0 Å². The van der Waals surface area contributed by atoms with E-state index in [-0.39, 0.29) is 12.2 Å². The molecule has 29 heavy (non-hydrogen) atoms. The van der Waals surface area contributed by atoms with Gasteiger partial charge >= 0.3 is 5.97 Å². The van der Waals surface area contributed by atoms with Crippen molar-refractivity contribution >= 4 is 18.2 Å². The second kappa shape index (κ2) is 8.12. The van der Waals surface area contributed by atoms with E-state index in [1.807, 2.05) is 48.5 Å². The third-order valence-electron chi connectivity index (χ3n) is 4.40. The minimum absolute atomic E-state index is 0.0939. The molecule has 0 amide bonds. The zero-order chi connectivity index (χ0) is 20.2. The Balaban J connectivity index is 1.59. The second-order valence-corrected chi connectivity index (χ2v) is 6.64. The predicted octanol–water partition coefficient (Wildman–Crippen LogP) is 5.34. The maximum absolute atomic E-state index is 10.9. The van der Waals surface area contributed by atoms with Gasteiger partial charge in [-0.25, -0.2) is 14.9 Å². The van der Waals surface area contributed by atoms with Crippen LogP contribution < -0.4 is 4.74 Å². The van der Waals surface area contributed by atoms with E-state index in [2.05, 4.69) is 16.2 Å². The van der Waals surface area contributed by atoms with Crippen LogP contribution in [0.1, 0.15) is 15.9 Å². The molecule has 0 unspecified atom stereocenters. The summed E-state index contributed by atoms with van der Waals surface area (Å²) in [7, 11) is 0. The number of H-pyrrole nitrogens is 1. The van der Waals surface area contributed by atoms with Crippen LogP contribution in [0.2, 0.25) is 0 Å². The Labute approximate surface area is 171 Å². The third kappa shape index (κ3) is 4.09. The van der Waals surface area contributed by atoms with Gasteiger partial charge in [0.25, 0.3) is 0 Å². The Hall–Kier alpha value is -3.71. The van der Waals surface area contributed by atoms with Gasteiger partial charge in [0.1, 0.15) is 6.61 Å². The molecule has 144 valence electrons. The number of carboxylic acid groups (broad SMARTS) is 1. The second-order valence-electron chi connectivity index (χ2n) is 6.27. The van der Waals surface area contributed by atoms with E-state index in [1.54, 1.807) is 0 Å². The third-order valence-corrected chi connectivity index (χ3v) is 4.73. The van der Waals surface area contributed by atoms with Crippen molar-refractivity contribution in [3.05, 3.63) is 88.8 Å². The fourth-order valence-electron chi connectivity index (χ4n) is 2.91. The summed E-state index contributed by atoms with van der Waals surface area (Å²) in [6, 6.07) is 21.0. The van der Waals surface area contributed by atoms with Crippen LogP contribution in [0.3, 0.4) is 0 Å². The molecule has 6 nitrogen and oxygen atoms in total. The summed E-state index contributed by atoms with van der Waals surface area (Å²) in [6.07, 6.45) is 1.25. The zero-order valence-corrected chi connectivity index (χ0v) is 16.0. The summed E-state index contributed by atoms with van der Waals surface area (Å²) in [5.41, 5.74) is 4.61. The van der Waals surface area contributed by atoms with E-state index in [1.165, 1.54) is 18.3 Å². The van der Waals surface area contributed by atoms with Crippen molar-refractivity contribution in [1.29, 1.82) is 0 Å². The summed E-state index contributed by atoms with van der Waals surface area (Å²) >= 11 is 5.29. The number of nitrogens with one attached hydrogen (secondary N) is 1. The molecule has 0 spiro atoms. The molecule has 4 aromatic rings. The van der Waals surface area contributed by atoms with Crippen LogP contribution in [-0.4, -0.2) is 21.2 Å². The number of hydrogen-bond donors (Lipinski definition) is 2. The van der Waals surface area contributed by atoms with Crippen LogP contribution in [-0.2, 0) is 6.61 Å². The van der Waals surface area contributed by atoms with Gasteiger partial charge < -0.3 is 14.4 Å². The molecule has 2 heterocycles. The molecular formula is C22H16N2O4S. The first-order valence-corrected chi connectivity index (χ1v) is 9.21. The van der Waals surface area contributed by atoms with Crippen LogP contribution >= 0.6 is 12.2 Å². The number of nitrogens with zero attached hydrogens (tertiary/aromatic N) is 1. The molecule has 0 bridgehead atoms. The van der Waals surface area contributed by atoms with Gasteiger partial charge in [0, 0.05) is 17.8 Å². The number of aromatic nitrogens is 2. The van der Waals surface area contributed by atoms with Crippen molar-refractivity contribution in [3.63, 3.8) is 0 Å². The van der Waals surface area contributed by atoms with Crippen LogP contribution in [0.25, 0.3) is 22.4 Å². The quantitative estimate of drug-likeness (QED) is 0.422. The van der Waals surface area contributed by atoms with Gasteiger partial charge in [0.15, 0.2) is 0 Å². The van der Waals surface area contributed by atoms with E-state index in [0.29, 0.717) is 16.2 Å². The number of ether oxygens (including phenoxy) is 1. The van der Waals surface area contributed by atoms with E-state index in [9.17, 15) is 4.79 Å². The van der Waals surface area contributed by atoms with Crippen LogP contribution in [0.15, 0.2) is 77.4 Å². The molecular weight excluding hydrogens is 388 g/mol. The van der Waals surface area contributed by atoms with Gasteiger partial charge in [-0.3, -0.25) is 0 Å². The number of carboxylic acids is 1. The van der Waals surface area contributed by atoms with E-state index >= 15 is 0 Å². The first-order chi connectivity index (χ1) is 14.1. The van der Waals surface area contributed by atoms with Crippen LogP contribution in [0, 0.1) is 4.71 Å². The molecule has 0 saturated heterocycles. The standard InChI is InChI=1S/C22H16N2O4S/c25-21(26)17-9-10-19(23-12-17)27-13-18-20(24-28-22(18)29)16-8-4-7-15(11-16)14-5-2-1-3-6-14/h1-12,24H,13H2,(H,25,26). The van der Waals surface area contributed by atoms with E-state index in [0.717, 1.165) is 22.4 Å². The molecule has 0 fully saturated rings. The maximum atomic E-state index is 10.9. The van der Waals surface area contributed by atoms with E-state index in [4.69, 9.17) is 26.6 Å². The topological polar surface area (TPSA) is 88.4 Å². The number of aromatic carboxylic acids is 1. The molecule has 0 atom stereocenters. The number of rotatable bonds is 6. The summed E-state index contributed by atoms with van der Waals surface area (Å²) in [6.45, 7) is 0.135. The summed E-state index contributed by atoms with van der Waals surface area (Å²) in [4.78, 5) is 14.9. The molecule has 2 aromatic heterocycles. The fraction of sp³-hybridized carbons (Fsp3) is 0.0455. The summed E-state index contributed by atoms with van der Waals surface area (Å²) < 4.78 is 11.3. The Morgan fingerprint density at radius 2 is 1.79 bits per heavy atom. The Kier molecular flexibility index (Phi) is 5.22. The number of aromatic amines is 1. The molecule has 0 aliphatic carbocycles.